The van der Waals surface area contributed by atoms with Gasteiger partial charge in [-0.25, -0.2) is 4.39 Å². The summed E-state index contributed by atoms with van der Waals surface area (Å²) >= 11 is 0. The summed E-state index contributed by atoms with van der Waals surface area (Å²) in [4.78, 5) is 0. The Morgan fingerprint density at radius 1 is 0.880 bits per heavy atom. The minimum atomic E-state index is -0.664. The minimum Gasteiger partial charge on any atom is -0.508 e. The van der Waals surface area contributed by atoms with Crippen LogP contribution in [0.3, 0.4) is 0 Å². The Morgan fingerprint density at radius 2 is 1.60 bits per heavy atom. The molecule has 4 heteroatoms. The van der Waals surface area contributed by atoms with Crippen molar-refractivity contribution in [3.8, 4) is 11.4 Å². The number of fused-ring (bicyclic) bond motifs is 1. The molecule has 124 valence electrons. The first-order valence-electron chi connectivity index (χ1n) is 8.05. The largest absolute Gasteiger partial charge is 0.508 e. The number of aromatic nitrogens is 1. The van der Waals surface area contributed by atoms with E-state index in [1.807, 2.05) is 65.2 Å². The first-order valence-corrected chi connectivity index (χ1v) is 8.05. The van der Waals surface area contributed by atoms with Crippen LogP contribution in [0, 0.1) is 5.82 Å². The van der Waals surface area contributed by atoms with Crippen LogP contribution < -0.4 is 5.73 Å². The summed E-state index contributed by atoms with van der Waals surface area (Å²) < 4.78 is 15.7. The Labute approximate surface area is 144 Å². The van der Waals surface area contributed by atoms with Gasteiger partial charge in [0.05, 0.1) is 11.6 Å². The van der Waals surface area contributed by atoms with Crippen LogP contribution in [0.25, 0.3) is 16.6 Å². The van der Waals surface area contributed by atoms with Crippen molar-refractivity contribution in [3.05, 3.63) is 95.9 Å². The molecule has 3 nitrogen and oxygen atoms in total. The monoisotopic (exact) mass is 332 g/mol. The zero-order valence-corrected chi connectivity index (χ0v) is 13.4. The lowest BCUT2D eigenvalue weighted by molar-refractivity contribution is 0.461. The SMILES string of the molecule is NC(c1cc(F)ccc1O)c1cc2ccccc2n1-c1ccccc1. The van der Waals surface area contributed by atoms with Crippen molar-refractivity contribution >= 4 is 10.9 Å². The first-order chi connectivity index (χ1) is 12.1. The number of hydrogen-bond acceptors (Lipinski definition) is 2. The second-order valence-electron chi connectivity index (χ2n) is 5.98. The number of nitrogens with two attached hydrogens (primary N) is 1. The van der Waals surface area contributed by atoms with Crippen molar-refractivity contribution in [2.24, 2.45) is 5.73 Å². The van der Waals surface area contributed by atoms with Crippen LogP contribution in [0.2, 0.25) is 0 Å². The maximum absolute atomic E-state index is 13.7. The molecular weight excluding hydrogens is 315 g/mol. The van der Waals surface area contributed by atoms with Gasteiger partial charge in [0.15, 0.2) is 0 Å². The lowest BCUT2D eigenvalue weighted by Gasteiger charge is -2.18. The van der Waals surface area contributed by atoms with Gasteiger partial charge in [-0.2, -0.15) is 0 Å². The second kappa shape index (κ2) is 6.07. The molecule has 0 fully saturated rings. The molecule has 0 aliphatic carbocycles. The van der Waals surface area contributed by atoms with E-state index < -0.39 is 11.9 Å². The van der Waals surface area contributed by atoms with Crippen LogP contribution in [0.5, 0.6) is 5.75 Å². The van der Waals surface area contributed by atoms with E-state index in [1.54, 1.807) is 0 Å². The topological polar surface area (TPSA) is 51.2 Å². The summed E-state index contributed by atoms with van der Waals surface area (Å²) in [5.41, 5.74) is 9.56. The molecule has 0 aliphatic rings. The summed E-state index contributed by atoms with van der Waals surface area (Å²) in [6, 6.07) is 23.0. The number of hydrogen-bond donors (Lipinski definition) is 2. The zero-order chi connectivity index (χ0) is 17.4. The van der Waals surface area contributed by atoms with Crippen LogP contribution in [0.1, 0.15) is 17.3 Å². The maximum atomic E-state index is 13.7. The molecule has 1 heterocycles. The Morgan fingerprint density at radius 3 is 2.40 bits per heavy atom. The highest BCUT2D eigenvalue weighted by Crippen LogP contribution is 2.33. The van der Waals surface area contributed by atoms with Crippen molar-refractivity contribution in [1.29, 1.82) is 0 Å². The maximum Gasteiger partial charge on any atom is 0.123 e. The highest BCUT2D eigenvalue weighted by atomic mass is 19.1. The number of phenolic OH excluding ortho intramolecular Hbond substituents is 1. The summed E-state index contributed by atoms with van der Waals surface area (Å²) in [5.74, 6) is -0.440. The fourth-order valence-electron chi connectivity index (χ4n) is 3.20. The van der Waals surface area contributed by atoms with Gasteiger partial charge in [0.25, 0.3) is 0 Å². The van der Waals surface area contributed by atoms with Crippen molar-refractivity contribution in [1.82, 2.24) is 4.57 Å². The van der Waals surface area contributed by atoms with Gasteiger partial charge in [-0.05, 0) is 42.5 Å². The standard InChI is InChI=1S/C21H17FN2O/c22-15-10-11-20(25)17(13-15)21(23)19-12-14-6-4-5-9-18(14)24(19)16-7-2-1-3-8-16/h1-13,21,25H,23H2. The number of aromatic hydroxyl groups is 1. The fraction of sp³-hybridized carbons (Fsp3) is 0.0476. The van der Waals surface area contributed by atoms with E-state index in [9.17, 15) is 9.50 Å². The predicted molar refractivity (Wildman–Crippen MR) is 97.4 cm³/mol. The highest BCUT2D eigenvalue weighted by molar-refractivity contribution is 5.83. The number of para-hydroxylation sites is 2. The van der Waals surface area contributed by atoms with Gasteiger partial charge >= 0.3 is 0 Å². The smallest absolute Gasteiger partial charge is 0.123 e. The number of halogens is 1. The van der Waals surface area contributed by atoms with Crippen molar-refractivity contribution in [2.45, 2.75) is 6.04 Å². The quantitative estimate of drug-likeness (QED) is 0.579. The summed E-state index contributed by atoms with van der Waals surface area (Å²) in [6.07, 6.45) is 0. The van der Waals surface area contributed by atoms with E-state index in [4.69, 9.17) is 5.73 Å². The average Bonchev–Trinajstić information content (AvgIpc) is 3.03. The van der Waals surface area contributed by atoms with Gasteiger partial charge in [0, 0.05) is 22.3 Å². The number of rotatable bonds is 3. The van der Waals surface area contributed by atoms with Crippen LogP contribution in [-0.2, 0) is 0 Å². The molecule has 0 radical (unpaired) electrons. The molecule has 1 atom stereocenters. The predicted octanol–water partition coefficient (Wildman–Crippen LogP) is 4.52. The lowest BCUT2D eigenvalue weighted by atomic mass is 10.0. The molecule has 1 aromatic heterocycles. The van der Waals surface area contributed by atoms with Gasteiger partial charge in [0.1, 0.15) is 11.6 Å². The third kappa shape index (κ3) is 2.66. The average molecular weight is 332 g/mol. The Hall–Kier alpha value is -3.11. The molecule has 0 saturated heterocycles. The van der Waals surface area contributed by atoms with Gasteiger partial charge in [0.2, 0.25) is 0 Å². The zero-order valence-electron chi connectivity index (χ0n) is 13.4. The van der Waals surface area contributed by atoms with Crippen LogP contribution in [-0.4, -0.2) is 9.67 Å². The normalized spacial score (nSPS) is 12.4. The molecule has 0 amide bonds. The first kappa shape index (κ1) is 15.4. The fourth-order valence-corrected chi connectivity index (χ4v) is 3.20. The third-order valence-electron chi connectivity index (χ3n) is 4.40. The molecule has 4 rings (SSSR count). The Bertz CT molecular complexity index is 1040. The van der Waals surface area contributed by atoms with Crippen molar-refractivity contribution in [3.63, 3.8) is 0 Å². The van der Waals surface area contributed by atoms with E-state index in [0.29, 0.717) is 5.56 Å². The Balaban J connectivity index is 1.97. The molecule has 3 aromatic carbocycles. The van der Waals surface area contributed by atoms with E-state index in [2.05, 4.69) is 0 Å². The summed E-state index contributed by atoms with van der Waals surface area (Å²) in [6.45, 7) is 0. The number of phenols is 1. The minimum absolute atomic E-state index is 0.0150. The van der Waals surface area contributed by atoms with Crippen molar-refractivity contribution < 1.29 is 9.50 Å². The van der Waals surface area contributed by atoms with Gasteiger partial charge in [-0.3, -0.25) is 0 Å². The van der Waals surface area contributed by atoms with E-state index in [0.717, 1.165) is 22.3 Å². The van der Waals surface area contributed by atoms with E-state index in [-0.39, 0.29) is 5.75 Å². The molecule has 1 unspecified atom stereocenters. The number of nitrogens with zero attached hydrogens (tertiary/aromatic N) is 1. The van der Waals surface area contributed by atoms with Gasteiger partial charge in [-0.15, -0.1) is 0 Å². The van der Waals surface area contributed by atoms with E-state index >= 15 is 0 Å². The highest BCUT2D eigenvalue weighted by Gasteiger charge is 2.20. The molecule has 25 heavy (non-hydrogen) atoms. The molecule has 0 spiro atoms. The van der Waals surface area contributed by atoms with Crippen LogP contribution >= 0.6 is 0 Å². The van der Waals surface area contributed by atoms with Crippen LogP contribution in [0.15, 0.2) is 78.9 Å². The van der Waals surface area contributed by atoms with Gasteiger partial charge < -0.3 is 15.4 Å². The van der Waals surface area contributed by atoms with Gasteiger partial charge in [-0.1, -0.05) is 36.4 Å². The molecular formula is C21H17FN2O. The molecule has 0 bridgehead atoms. The Kier molecular flexibility index (Phi) is 3.75. The lowest BCUT2D eigenvalue weighted by Crippen LogP contribution is -2.16. The number of benzene rings is 3. The molecule has 0 saturated carbocycles. The van der Waals surface area contributed by atoms with E-state index in [1.165, 1.54) is 18.2 Å². The molecule has 0 aliphatic heterocycles. The molecule has 3 N–H and O–H groups in total. The second-order valence-corrected chi connectivity index (χ2v) is 5.98. The molecule has 4 aromatic rings. The summed E-state index contributed by atoms with van der Waals surface area (Å²) in [7, 11) is 0. The van der Waals surface area contributed by atoms with Crippen LogP contribution in [0.4, 0.5) is 4.39 Å². The van der Waals surface area contributed by atoms with Crippen molar-refractivity contribution in [2.75, 3.05) is 0 Å². The summed E-state index contributed by atoms with van der Waals surface area (Å²) in [5, 5.41) is 11.2. The third-order valence-corrected chi connectivity index (χ3v) is 4.40.